The van der Waals surface area contributed by atoms with Gasteiger partial charge in [0, 0.05) is 44.5 Å². The summed E-state index contributed by atoms with van der Waals surface area (Å²) in [6, 6.07) is 20.6. The number of aliphatic carboxylic acids is 2. The fraction of sp³-hybridized carbons (Fsp3) is 0.440. The number of benzene rings is 2. The molecular weight excluding hydrogens is 406 g/mol. The van der Waals surface area contributed by atoms with E-state index in [0.717, 1.165) is 25.7 Å². The van der Waals surface area contributed by atoms with Crippen molar-refractivity contribution in [3.05, 3.63) is 65.7 Å². The molecule has 2 aromatic rings. The highest BCUT2D eigenvalue weighted by atomic mass is 16.4. The molecule has 0 bridgehead atoms. The molecular formula is C25H33N3O4. The number of piperidine rings is 1. The molecule has 2 aliphatic rings. The monoisotopic (exact) mass is 439 g/mol. The number of likely N-dealkylation sites (tertiary alicyclic amines) is 1. The van der Waals surface area contributed by atoms with E-state index in [2.05, 4.69) is 76.2 Å². The van der Waals surface area contributed by atoms with Gasteiger partial charge in [-0.3, -0.25) is 9.80 Å². The van der Waals surface area contributed by atoms with E-state index in [-0.39, 0.29) is 0 Å². The molecule has 2 N–H and O–H groups in total. The number of rotatable bonds is 4. The number of carbonyl (C=O) groups is 2. The second-order valence-corrected chi connectivity index (χ2v) is 8.47. The van der Waals surface area contributed by atoms with Crippen molar-refractivity contribution in [2.24, 2.45) is 0 Å². The molecule has 0 unspecified atom stereocenters. The number of carboxylic acids is 2. The highest BCUT2D eigenvalue weighted by Gasteiger charge is 2.27. The third-order valence-corrected chi connectivity index (χ3v) is 6.18. The zero-order chi connectivity index (χ0) is 22.9. The van der Waals surface area contributed by atoms with Gasteiger partial charge in [0.15, 0.2) is 0 Å². The first-order valence-electron chi connectivity index (χ1n) is 11.2. The van der Waals surface area contributed by atoms with Crippen LogP contribution in [0.2, 0.25) is 0 Å². The maximum Gasteiger partial charge on any atom is 0.414 e. The Balaban J connectivity index is 0.000000427. The third kappa shape index (κ3) is 7.07. The van der Waals surface area contributed by atoms with Crippen molar-refractivity contribution in [2.45, 2.75) is 32.4 Å². The summed E-state index contributed by atoms with van der Waals surface area (Å²) in [6.45, 7) is 10.5. The first-order chi connectivity index (χ1) is 15.4. The lowest BCUT2D eigenvalue weighted by Gasteiger charge is -2.43. The molecule has 7 nitrogen and oxygen atoms in total. The van der Waals surface area contributed by atoms with Crippen LogP contribution in [0, 0.1) is 6.92 Å². The van der Waals surface area contributed by atoms with Crippen molar-refractivity contribution < 1.29 is 19.8 Å². The van der Waals surface area contributed by atoms with Crippen molar-refractivity contribution in [3.63, 3.8) is 0 Å². The predicted octanol–water partition coefficient (Wildman–Crippen LogP) is 2.94. The van der Waals surface area contributed by atoms with Gasteiger partial charge in [-0.2, -0.15) is 0 Å². The lowest BCUT2D eigenvalue weighted by molar-refractivity contribution is -0.159. The number of nitrogens with zero attached hydrogens (tertiary/aromatic N) is 3. The molecule has 0 atom stereocenters. The van der Waals surface area contributed by atoms with Crippen LogP contribution in [0.3, 0.4) is 0 Å². The molecule has 0 aliphatic carbocycles. The van der Waals surface area contributed by atoms with Crippen LogP contribution in [0.5, 0.6) is 0 Å². The Labute approximate surface area is 189 Å². The Morgan fingerprint density at radius 2 is 1.47 bits per heavy atom. The normalized spacial score (nSPS) is 18.0. The quantitative estimate of drug-likeness (QED) is 0.709. The fourth-order valence-corrected chi connectivity index (χ4v) is 4.50. The lowest BCUT2D eigenvalue weighted by Crippen LogP contribution is -2.53. The van der Waals surface area contributed by atoms with Crippen LogP contribution in [0.1, 0.15) is 24.0 Å². The van der Waals surface area contributed by atoms with Crippen LogP contribution < -0.4 is 4.90 Å². The second-order valence-electron chi connectivity index (χ2n) is 8.47. The van der Waals surface area contributed by atoms with E-state index in [4.69, 9.17) is 19.8 Å². The maximum atomic E-state index is 9.10. The molecule has 4 rings (SSSR count). The number of hydrogen-bond acceptors (Lipinski definition) is 5. The topological polar surface area (TPSA) is 84.3 Å². The summed E-state index contributed by atoms with van der Waals surface area (Å²) in [4.78, 5) is 26.1. The summed E-state index contributed by atoms with van der Waals surface area (Å²) < 4.78 is 0. The van der Waals surface area contributed by atoms with E-state index in [1.165, 1.54) is 55.8 Å². The number of aryl methyl sites for hydroxylation is 1. The SMILES string of the molecule is Cc1cccc(CN2CCC(N3CCN(c4ccccc4)CC3)CC2)c1.O=C(O)C(=O)O. The number of piperazine rings is 1. The first-order valence-corrected chi connectivity index (χ1v) is 11.2. The molecule has 0 aromatic heterocycles. The molecule has 2 aliphatic heterocycles. The van der Waals surface area contributed by atoms with E-state index in [0.29, 0.717) is 0 Å². The summed E-state index contributed by atoms with van der Waals surface area (Å²) in [6.07, 6.45) is 2.63. The number of para-hydroxylation sites is 1. The van der Waals surface area contributed by atoms with Gasteiger partial charge in [0.1, 0.15) is 0 Å². The van der Waals surface area contributed by atoms with Gasteiger partial charge in [-0.05, 0) is 50.6 Å². The Morgan fingerprint density at radius 3 is 2.03 bits per heavy atom. The highest BCUT2D eigenvalue weighted by Crippen LogP contribution is 2.22. The Bertz CT molecular complexity index is 862. The van der Waals surface area contributed by atoms with Crippen molar-refractivity contribution in [1.82, 2.24) is 9.80 Å². The fourth-order valence-electron chi connectivity index (χ4n) is 4.50. The number of anilines is 1. The highest BCUT2D eigenvalue weighted by molar-refractivity contribution is 6.27. The summed E-state index contributed by atoms with van der Waals surface area (Å²) in [7, 11) is 0. The Hall–Kier alpha value is -2.90. The van der Waals surface area contributed by atoms with E-state index >= 15 is 0 Å². The lowest BCUT2D eigenvalue weighted by atomic mass is 10.0. The summed E-state index contributed by atoms with van der Waals surface area (Å²) >= 11 is 0. The minimum atomic E-state index is -1.82. The van der Waals surface area contributed by atoms with E-state index in [9.17, 15) is 0 Å². The van der Waals surface area contributed by atoms with Gasteiger partial charge in [-0.15, -0.1) is 0 Å². The van der Waals surface area contributed by atoms with Crippen molar-refractivity contribution in [1.29, 1.82) is 0 Å². The summed E-state index contributed by atoms with van der Waals surface area (Å²) in [5.41, 5.74) is 4.20. The van der Waals surface area contributed by atoms with Gasteiger partial charge in [-0.25, -0.2) is 9.59 Å². The van der Waals surface area contributed by atoms with Crippen molar-refractivity contribution in [2.75, 3.05) is 44.2 Å². The van der Waals surface area contributed by atoms with Gasteiger partial charge in [-0.1, -0.05) is 48.0 Å². The van der Waals surface area contributed by atoms with E-state index in [1.54, 1.807) is 0 Å². The van der Waals surface area contributed by atoms with Crippen LogP contribution in [0.4, 0.5) is 5.69 Å². The van der Waals surface area contributed by atoms with Crippen LogP contribution in [-0.2, 0) is 16.1 Å². The Kier molecular flexibility index (Phi) is 8.64. The zero-order valence-electron chi connectivity index (χ0n) is 18.7. The maximum absolute atomic E-state index is 9.10. The van der Waals surface area contributed by atoms with Crippen molar-refractivity contribution in [3.8, 4) is 0 Å². The zero-order valence-corrected chi connectivity index (χ0v) is 18.7. The third-order valence-electron chi connectivity index (χ3n) is 6.18. The van der Waals surface area contributed by atoms with Gasteiger partial charge < -0.3 is 15.1 Å². The van der Waals surface area contributed by atoms with Crippen LogP contribution >= 0.6 is 0 Å². The molecule has 0 radical (unpaired) electrons. The molecule has 2 saturated heterocycles. The molecule has 172 valence electrons. The first kappa shape index (κ1) is 23.8. The molecule has 2 heterocycles. The van der Waals surface area contributed by atoms with Crippen LogP contribution in [-0.4, -0.2) is 77.3 Å². The van der Waals surface area contributed by atoms with E-state index < -0.39 is 11.9 Å². The Morgan fingerprint density at radius 1 is 0.844 bits per heavy atom. The van der Waals surface area contributed by atoms with Crippen LogP contribution in [0.25, 0.3) is 0 Å². The average Bonchev–Trinajstić information content (AvgIpc) is 2.81. The molecule has 0 saturated carbocycles. The predicted molar refractivity (Wildman–Crippen MR) is 125 cm³/mol. The molecule has 0 spiro atoms. The molecule has 7 heteroatoms. The number of hydrogen-bond donors (Lipinski definition) is 2. The molecule has 2 fully saturated rings. The number of carboxylic acid groups (broad SMARTS) is 2. The standard InChI is InChI=1S/C23H31N3.C2H2O4/c1-20-6-5-7-21(18-20)19-24-12-10-23(11-13-24)26-16-14-25(15-17-26)22-8-3-2-4-9-22;3-1(4)2(5)6/h2-9,18,23H,10-17,19H2,1H3;(H,3,4)(H,5,6). The minimum absolute atomic E-state index is 0.779. The molecule has 2 aromatic carbocycles. The molecule has 0 amide bonds. The van der Waals surface area contributed by atoms with Gasteiger partial charge in [0.2, 0.25) is 0 Å². The minimum Gasteiger partial charge on any atom is -0.473 e. The molecule has 32 heavy (non-hydrogen) atoms. The van der Waals surface area contributed by atoms with Gasteiger partial charge in [0.05, 0.1) is 0 Å². The average molecular weight is 440 g/mol. The summed E-state index contributed by atoms with van der Waals surface area (Å²) in [5.74, 6) is -3.65. The summed E-state index contributed by atoms with van der Waals surface area (Å²) in [5, 5.41) is 14.8. The van der Waals surface area contributed by atoms with Gasteiger partial charge >= 0.3 is 11.9 Å². The second kappa shape index (κ2) is 11.6. The van der Waals surface area contributed by atoms with Gasteiger partial charge in [0.25, 0.3) is 0 Å². The van der Waals surface area contributed by atoms with E-state index in [1.807, 2.05) is 0 Å². The smallest absolute Gasteiger partial charge is 0.414 e. The van der Waals surface area contributed by atoms with Crippen LogP contribution in [0.15, 0.2) is 54.6 Å². The largest absolute Gasteiger partial charge is 0.473 e. The van der Waals surface area contributed by atoms with Crippen molar-refractivity contribution >= 4 is 17.6 Å².